The Morgan fingerprint density at radius 2 is 1.87 bits per heavy atom. The van der Waals surface area contributed by atoms with Gasteiger partial charge in [0.25, 0.3) is 0 Å². The third-order valence-electron chi connectivity index (χ3n) is 2.21. The van der Waals surface area contributed by atoms with Gasteiger partial charge in [-0.05, 0) is 0 Å². The molecule has 0 saturated heterocycles. The molecule has 0 aliphatic carbocycles. The van der Waals surface area contributed by atoms with Crippen molar-refractivity contribution in [3.63, 3.8) is 0 Å². The van der Waals surface area contributed by atoms with Crippen LogP contribution in [0.4, 0.5) is 0 Å². The number of aliphatic carboxylic acids is 1. The number of carboxylic acids is 1. The summed E-state index contributed by atoms with van der Waals surface area (Å²) in [5.41, 5.74) is 10.8. The summed E-state index contributed by atoms with van der Waals surface area (Å²) in [7, 11) is 6.16. The van der Waals surface area contributed by atoms with Gasteiger partial charge in [0.2, 0.25) is 0 Å². The molecule has 10 heteroatoms. The molecule has 0 aliphatic heterocycles. The number of carboxylic acid groups (broad SMARTS) is 1. The molecule has 0 aromatic carbocycles. The van der Waals surface area contributed by atoms with Crippen LogP contribution in [-0.4, -0.2) is 94.7 Å². The minimum atomic E-state index is -1.00. The molecule has 1 aromatic rings. The fourth-order valence-corrected chi connectivity index (χ4v) is 1.02. The van der Waals surface area contributed by atoms with Gasteiger partial charge in [-0.1, -0.05) is 0 Å². The van der Waals surface area contributed by atoms with Crippen LogP contribution in [0.2, 0.25) is 0 Å². The summed E-state index contributed by atoms with van der Waals surface area (Å²) in [5, 5.41) is 24.6. The highest BCUT2D eigenvalue weighted by atomic mass is 16.4. The van der Waals surface area contributed by atoms with Crippen LogP contribution in [0.25, 0.3) is 0 Å². The Morgan fingerprint density at radius 1 is 1.35 bits per heavy atom. The highest BCUT2D eigenvalue weighted by molar-refractivity contribution is 5.73. The zero-order valence-corrected chi connectivity index (χ0v) is 14.0. The number of rotatable bonds is 6. The molecule has 0 bridgehead atoms. The number of aliphatic hydroxyl groups is 2. The predicted octanol–water partition coefficient (Wildman–Crippen LogP) is -2.19. The van der Waals surface area contributed by atoms with Crippen LogP contribution < -0.4 is 11.5 Å². The summed E-state index contributed by atoms with van der Waals surface area (Å²) in [5.74, 6) is -1.00. The van der Waals surface area contributed by atoms with Crippen molar-refractivity contribution >= 4 is 5.97 Å². The minimum Gasteiger partial charge on any atom is -0.870 e. The van der Waals surface area contributed by atoms with E-state index in [9.17, 15) is 4.79 Å². The second kappa shape index (κ2) is 15.3. The van der Waals surface area contributed by atoms with Crippen molar-refractivity contribution in [2.45, 2.75) is 12.5 Å². The fourth-order valence-electron chi connectivity index (χ4n) is 1.02. The normalized spacial score (nSPS) is 11.1. The van der Waals surface area contributed by atoms with Crippen molar-refractivity contribution in [1.29, 1.82) is 0 Å². The quantitative estimate of drug-likeness (QED) is 0.315. The van der Waals surface area contributed by atoms with E-state index in [1.54, 1.807) is 6.20 Å². The van der Waals surface area contributed by atoms with Crippen molar-refractivity contribution in [3.05, 3.63) is 18.2 Å². The second-order valence-electron chi connectivity index (χ2n) is 5.48. The topological polar surface area (TPSA) is 188 Å². The number of hydrogen-bond donors (Lipinski definition) is 6. The lowest BCUT2D eigenvalue weighted by molar-refractivity contribution is -0.870. The van der Waals surface area contributed by atoms with Gasteiger partial charge in [0.15, 0.2) is 0 Å². The Hall–Kier alpha value is -1.56. The SMILES string of the molecule is C[N+](C)(C)CCO.NC(Cc1cnc[nH]1)C(=O)O.NCCO.[OH-]. The van der Waals surface area contributed by atoms with Gasteiger partial charge in [-0.3, -0.25) is 4.79 Å². The van der Waals surface area contributed by atoms with Crippen LogP contribution in [0.15, 0.2) is 12.5 Å². The maximum atomic E-state index is 10.3. The number of hydrogen-bond acceptors (Lipinski definition) is 7. The molecule has 0 saturated carbocycles. The Bertz CT molecular complexity index is 365. The lowest BCUT2D eigenvalue weighted by Crippen LogP contribution is -2.36. The number of likely N-dealkylation sites (N-methyl/N-ethyl adjacent to an activating group) is 1. The van der Waals surface area contributed by atoms with Gasteiger partial charge in [-0.2, -0.15) is 0 Å². The monoisotopic (exact) mass is 337 g/mol. The molecule has 0 fully saturated rings. The number of nitrogens with two attached hydrogens (primary N) is 2. The van der Waals surface area contributed by atoms with Crippen LogP contribution in [0.5, 0.6) is 0 Å². The van der Waals surface area contributed by atoms with Gasteiger partial charge in [-0.15, -0.1) is 0 Å². The van der Waals surface area contributed by atoms with E-state index in [1.807, 2.05) is 0 Å². The van der Waals surface area contributed by atoms with Crippen molar-refractivity contribution in [3.8, 4) is 0 Å². The van der Waals surface area contributed by atoms with Crippen molar-refractivity contribution in [2.75, 3.05) is 47.4 Å². The van der Waals surface area contributed by atoms with Crippen molar-refractivity contribution < 1.29 is 30.1 Å². The number of aromatic amines is 1. The number of imidazole rings is 1. The lowest BCUT2D eigenvalue weighted by atomic mass is 10.2. The Balaban J connectivity index is -0.000000290. The third kappa shape index (κ3) is 20.4. The van der Waals surface area contributed by atoms with Crippen molar-refractivity contribution in [2.24, 2.45) is 11.5 Å². The molecule has 0 aliphatic rings. The maximum absolute atomic E-state index is 10.3. The van der Waals surface area contributed by atoms with Gasteiger partial charge in [0, 0.05) is 24.9 Å². The van der Waals surface area contributed by atoms with Crippen LogP contribution in [0, 0.1) is 0 Å². The van der Waals surface area contributed by atoms with Gasteiger partial charge in [0.1, 0.15) is 12.6 Å². The van der Waals surface area contributed by atoms with Crippen LogP contribution >= 0.6 is 0 Å². The predicted molar refractivity (Wildman–Crippen MR) is 86.0 cm³/mol. The number of H-pyrrole nitrogens is 1. The van der Waals surface area contributed by atoms with Crippen LogP contribution in [-0.2, 0) is 11.2 Å². The van der Waals surface area contributed by atoms with Gasteiger partial charge in [-0.25, -0.2) is 4.98 Å². The maximum Gasteiger partial charge on any atom is 0.320 e. The number of aliphatic hydroxyl groups excluding tert-OH is 2. The molecule has 0 spiro atoms. The molecule has 1 rings (SSSR count). The Labute approximate surface area is 136 Å². The standard InChI is InChI=1S/C6H9N3O2.C5H14NO.C2H7NO.H2O/c7-5(6(10)11)1-4-2-8-3-9-4;1-6(2,3)4-5-7;3-1-2-4;/h2-3,5H,1,7H2,(H,8,9)(H,10,11);7H,4-5H2,1-3H3;4H,1-3H2;1H2/q;+1;;/p-1. The summed E-state index contributed by atoms with van der Waals surface area (Å²) >= 11 is 0. The van der Waals surface area contributed by atoms with Gasteiger partial charge in [0.05, 0.1) is 40.7 Å². The third-order valence-corrected chi connectivity index (χ3v) is 2.21. The van der Waals surface area contributed by atoms with E-state index in [0.29, 0.717) is 6.54 Å². The van der Waals surface area contributed by atoms with Crippen LogP contribution in [0.1, 0.15) is 5.69 Å². The zero-order valence-electron chi connectivity index (χ0n) is 14.0. The zero-order chi connectivity index (χ0) is 17.6. The highest BCUT2D eigenvalue weighted by Gasteiger charge is 2.12. The summed E-state index contributed by atoms with van der Waals surface area (Å²) in [6.45, 7) is 1.59. The average molecular weight is 337 g/mol. The average Bonchev–Trinajstić information content (AvgIpc) is 2.91. The number of nitrogens with zero attached hydrogens (tertiary/aromatic N) is 2. The van der Waals surface area contributed by atoms with E-state index in [0.717, 1.165) is 16.7 Å². The first-order valence-corrected chi connectivity index (χ1v) is 6.85. The van der Waals surface area contributed by atoms with E-state index in [4.69, 9.17) is 26.8 Å². The molecule has 23 heavy (non-hydrogen) atoms. The molecule has 0 radical (unpaired) electrons. The van der Waals surface area contributed by atoms with E-state index < -0.39 is 12.0 Å². The van der Waals surface area contributed by atoms with E-state index in [1.165, 1.54) is 6.33 Å². The molecule has 0 amide bonds. The Kier molecular flexibility index (Phi) is 17.6. The molecular formula is C13H31N5O5. The van der Waals surface area contributed by atoms with Gasteiger partial charge < -0.3 is 41.7 Å². The fraction of sp³-hybridized carbons (Fsp3) is 0.692. The van der Waals surface area contributed by atoms with Gasteiger partial charge >= 0.3 is 5.97 Å². The first kappa shape index (κ1) is 26.3. The Morgan fingerprint density at radius 3 is 2.09 bits per heavy atom. The minimum absolute atomic E-state index is 0. The summed E-state index contributed by atoms with van der Waals surface area (Å²) < 4.78 is 0.844. The smallest absolute Gasteiger partial charge is 0.320 e. The second-order valence-corrected chi connectivity index (χ2v) is 5.48. The molecule has 10 nitrogen and oxygen atoms in total. The van der Waals surface area contributed by atoms with E-state index in [2.05, 4.69) is 31.1 Å². The van der Waals surface area contributed by atoms with Crippen molar-refractivity contribution in [1.82, 2.24) is 9.97 Å². The molecular weight excluding hydrogens is 306 g/mol. The molecule has 138 valence electrons. The summed E-state index contributed by atoms with van der Waals surface area (Å²) in [6.07, 6.45) is 3.34. The molecule has 1 unspecified atom stereocenters. The lowest BCUT2D eigenvalue weighted by Gasteiger charge is -2.21. The van der Waals surface area contributed by atoms with E-state index in [-0.39, 0.29) is 25.1 Å². The first-order chi connectivity index (χ1) is 10.2. The molecule has 1 atom stereocenters. The highest BCUT2D eigenvalue weighted by Crippen LogP contribution is 1.95. The number of nitrogens with one attached hydrogen (secondary N) is 1. The molecule has 9 N–H and O–H groups in total. The molecule has 1 aromatic heterocycles. The number of quaternary nitrogens is 1. The number of carbonyl (C=O) groups is 1. The summed E-state index contributed by atoms with van der Waals surface area (Å²) in [4.78, 5) is 16.8. The van der Waals surface area contributed by atoms with Crippen LogP contribution in [0.3, 0.4) is 0 Å². The molecule has 1 heterocycles. The van der Waals surface area contributed by atoms with E-state index >= 15 is 0 Å². The number of aromatic nitrogens is 2. The summed E-state index contributed by atoms with van der Waals surface area (Å²) in [6, 6.07) is -0.851. The largest absolute Gasteiger partial charge is 0.870 e. The first-order valence-electron chi connectivity index (χ1n) is 6.85.